The van der Waals surface area contributed by atoms with E-state index in [1.807, 2.05) is 41.1 Å². The molecular formula is C19H18N2O2. The maximum absolute atomic E-state index is 11.8. The highest BCUT2D eigenvalue weighted by atomic mass is 16.5. The maximum Gasteiger partial charge on any atom is 0.337 e. The standard InChI is InChI=1S/C19H18N2O2/c1-13(2)10-15-12-21(18-6-4-5-9-20-18)17-11-14(19(22)23-3)7-8-16(15)17/h4-12H,1-3H3. The monoisotopic (exact) mass is 306 g/mol. The second kappa shape index (κ2) is 6.08. The summed E-state index contributed by atoms with van der Waals surface area (Å²) in [6.07, 6.45) is 5.92. The van der Waals surface area contributed by atoms with Gasteiger partial charge in [0.1, 0.15) is 5.82 Å². The smallest absolute Gasteiger partial charge is 0.337 e. The topological polar surface area (TPSA) is 44.1 Å². The van der Waals surface area contributed by atoms with Gasteiger partial charge in [0.05, 0.1) is 18.2 Å². The molecule has 0 fully saturated rings. The van der Waals surface area contributed by atoms with Crippen molar-refractivity contribution in [3.63, 3.8) is 0 Å². The van der Waals surface area contributed by atoms with Crippen molar-refractivity contribution >= 4 is 22.9 Å². The molecule has 0 aliphatic carbocycles. The molecule has 0 N–H and O–H groups in total. The molecule has 0 bridgehead atoms. The van der Waals surface area contributed by atoms with Crippen molar-refractivity contribution in [2.24, 2.45) is 0 Å². The largest absolute Gasteiger partial charge is 0.465 e. The number of carbonyl (C=O) groups excluding carboxylic acids is 1. The Morgan fingerprint density at radius 1 is 1.22 bits per heavy atom. The van der Waals surface area contributed by atoms with Crippen LogP contribution in [0.25, 0.3) is 22.8 Å². The number of nitrogens with zero attached hydrogens (tertiary/aromatic N) is 2. The highest BCUT2D eigenvalue weighted by Crippen LogP contribution is 2.27. The number of allylic oxidation sites excluding steroid dienone is 1. The Labute approximate surface area is 135 Å². The number of esters is 1. The summed E-state index contributed by atoms with van der Waals surface area (Å²) in [5, 5.41) is 1.07. The van der Waals surface area contributed by atoms with Gasteiger partial charge in [-0.1, -0.05) is 23.8 Å². The van der Waals surface area contributed by atoms with E-state index in [1.165, 1.54) is 12.7 Å². The molecule has 2 heterocycles. The van der Waals surface area contributed by atoms with Crippen molar-refractivity contribution in [2.45, 2.75) is 13.8 Å². The lowest BCUT2D eigenvalue weighted by Crippen LogP contribution is -2.01. The fourth-order valence-electron chi connectivity index (χ4n) is 2.61. The van der Waals surface area contributed by atoms with E-state index in [0.717, 1.165) is 22.3 Å². The minimum absolute atomic E-state index is 0.343. The molecule has 4 nitrogen and oxygen atoms in total. The van der Waals surface area contributed by atoms with E-state index in [4.69, 9.17) is 4.74 Å². The molecule has 0 amide bonds. The van der Waals surface area contributed by atoms with Crippen LogP contribution in [-0.4, -0.2) is 22.6 Å². The number of methoxy groups -OCH3 is 1. The van der Waals surface area contributed by atoms with Gasteiger partial charge in [0, 0.05) is 23.3 Å². The first-order valence-corrected chi connectivity index (χ1v) is 7.40. The molecule has 1 aromatic carbocycles. The van der Waals surface area contributed by atoms with E-state index in [-0.39, 0.29) is 5.97 Å². The fraction of sp³-hybridized carbons (Fsp3) is 0.158. The normalized spacial score (nSPS) is 10.6. The summed E-state index contributed by atoms with van der Waals surface area (Å²) in [5.41, 5.74) is 3.77. The Balaban J connectivity index is 2.29. The summed E-state index contributed by atoms with van der Waals surface area (Å²) in [4.78, 5) is 16.2. The molecule has 0 aliphatic rings. The van der Waals surface area contributed by atoms with E-state index in [0.29, 0.717) is 5.56 Å². The number of carbonyl (C=O) groups is 1. The Morgan fingerprint density at radius 2 is 2.04 bits per heavy atom. The minimum atomic E-state index is -0.343. The molecule has 23 heavy (non-hydrogen) atoms. The average molecular weight is 306 g/mol. The summed E-state index contributed by atoms with van der Waals surface area (Å²) in [7, 11) is 1.39. The molecule has 0 spiro atoms. The zero-order valence-corrected chi connectivity index (χ0v) is 13.4. The predicted molar refractivity (Wildman–Crippen MR) is 91.7 cm³/mol. The number of aromatic nitrogens is 2. The number of benzene rings is 1. The van der Waals surface area contributed by atoms with Gasteiger partial charge in [0.25, 0.3) is 0 Å². The van der Waals surface area contributed by atoms with Crippen LogP contribution in [0.15, 0.2) is 54.4 Å². The first-order chi connectivity index (χ1) is 11.1. The van der Waals surface area contributed by atoms with Gasteiger partial charge in [0.15, 0.2) is 0 Å². The van der Waals surface area contributed by atoms with Crippen molar-refractivity contribution in [1.29, 1.82) is 0 Å². The lowest BCUT2D eigenvalue weighted by Gasteiger charge is -2.05. The zero-order chi connectivity index (χ0) is 16.4. The molecule has 0 radical (unpaired) electrons. The van der Waals surface area contributed by atoms with Gasteiger partial charge >= 0.3 is 5.97 Å². The Morgan fingerprint density at radius 3 is 2.70 bits per heavy atom. The van der Waals surface area contributed by atoms with Gasteiger partial charge in [-0.2, -0.15) is 0 Å². The van der Waals surface area contributed by atoms with Gasteiger partial charge in [-0.15, -0.1) is 0 Å². The van der Waals surface area contributed by atoms with Crippen LogP contribution < -0.4 is 0 Å². The highest BCUT2D eigenvalue weighted by Gasteiger charge is 2.13. The zero-order valence-electron chi connectivity index (χ0n) is 13.4. The third-order valence-electron chi connectivity index (χ3n) is 3.60. The van der Waals surface area contributed by atoms with Crippen molar-refractivity contribution in [1.82, 2.24) is 9.55 Å². The number of rotatable bonds is 3. The minimum Gasteiger partial charge on any atom is -0.465 e. The first kappa shape index (κ1) is 15.0. The maximum atomic E-state index is 11.8. The van der Waals surface area contributed by atoms with Gasteiger partial charge in [-0.25, -0.2) is 9.78 Å². The second-order valence-corrected chi connectivity index (χ2v) is 5.59. The lowest BCUT2D eigenvalue weighted by molar-refractivity contribution is 0.0601. The number of hydrogen-bond donors (Lipinski definition) is 0. The molecule has 116 valence electrons. The molecule has 4 heteroatoms. The second-order valence-electron chi connectivity index (χ2n) is 5.59. The molecule has 0 unspecified atom stereocenters. The van der Waals surface area contributed by atoms with E-state index >= 15 is 0 Å². The number of ether oxygens (including phenoxy) is 1. The Kier molecular flexibility index (Phi) is 3.98. The predicted octanol–water partition coefficient (Wildman–Crippen LogP) is 4.24. The number of hydrogen-bond acceptors (Lipinski definition) is 3. The molecule has 2 aromatic heterocycles. The highest BCUT2D eigenvalue weighted by molar-refractivity contribution is 5.98. The SMILES string of the molecule is COC(=O)c1ccc2c(C=C(C)C)cn(-c3ccccn3)c2c1. The fourth-order valence-corrected chi connectivity index (χ4v) is 2.61. The van der Waals surface area contributed by atoms with Crippen LogP contribution in [0.5, 0.6) is 0 Å². The van der Waals surface area contributed by atoms with Crippen LogP contribution >= 0.6 is 0 Å². The average Bonchev–Trinajstić information content (AvgIpc) is 2.92. The molecule has 0 saturated heterocycles. The van der Waals surface area contributed by atoms with Gasteiger partial charge < -0.3 is 9.30 Å². The molecule has 0 saturated carbocycles. The molecule has 3 rings (SSSR count). The van der Waals surface area contributed by atoms with Crippen LogP contribution in [-0.2, 0) is 4.74 Å². The van der Waals surface area contributed by atoms with E-state index in [1.54, 1.807) is 12.3 Å². The molecule has 0 atom stereocenters. The summed E-state index contributed by atoms with van der Waals surface area (Å²) in [5.74, 6) is 0.470. The molecule has 3 aromatic rings. The van der Waals surface area contributed by atoms with Crippen molar-refractivity contribution < 1.29 is 9.53 Å². The van der Waals surface area contributed by atoms with Crippen LogP contribution in [0.2, 0.25) is 0 Å². The summed E-state index contributed by atoms with van der Waals surface area (Å²) in [6, 6.07) is 11.4. The van der Waals surface area contributed by atoms with Crippen LogP contribution in [0.3, 0.4) is 0 Å². The van der Waals surface area contributed by atoms with E-state index in [9.17, 15) is 4.79 Å². The Bertz CT molecular complexity index is 888. The summed E-state index contributed by atoms with van der Waals surface area (Å²) in [6.45, 7) is 4.12. The third kappa shape index (κ3) is 2.88. The van der Waals surface area contributed by atoms with E-state index < -0.39 is 0 Å². The quantitative estimate of drug-likeness (QED) is 0.680. The van der Waals surface area contributed by atoms with E-state index in [2.05, 4.69) is 24.9 Å². The summed E-state index contributed by atoms with van der Waals surface area (Å²) < 4.78 is 6.82. The Hall–Kier alpha value is -2.88. The molecular weight excluding hydrogens is 288 g/mol. The van der Waals surface area contributed by atoms with Crippen LogP contribution in [0.4, 0.5) is 0 Å². The van der Waals surface area contributed by atoms with Crippen molar-refractivity contribution in [3.8, 4) is 5.82 Å². The molecule has 0 aliphatic heterocycles. The van der Waals surface area contributed by atoms with Crippen LogP contribution in [0, 0.1) is 0 Å². The number of pyridine rings is 1. The number of fused-ring (bicyclic) bond motifs is 1. The van der Waals surface area contributed by atoms with Crippen molar-refractivity contribution in [2.75, 3.05) is 7.11 Å². The summed E-state index contributed by atoms with van der Waals surface area (Å²) >= 11 is 0. The van der Waals surface area contributed by atoms with Gasteiger partial charge in [-0.05, 0) is 38.1 Å². The lowest BCUT2D eigenvalue weighted by atomic mass is 10.1. The van der Waals surface area contributed by atoms with Crippen molar-refractivity contribution in [3.05, 3.63) is 65.5 Å². The van der Waals surface area contributed by atoms with Crippen LogP contribution in [0.1, 0.15) is 29.8 Å². The third-order valence-corrected chi connectivity index (χ3v) is 3.60. The van der Waals surface area contributed by atoms with Gasteiger partial charge in [-0.3, -0.25) is 0 Å². The van der Waals surface area contributed by atoms with Gasteiger partial charge in [0.2, 0.25) is 0 Å². The first-order valence-electron chi connectivity index (χ1n) is 7.40.